The summed E-state index contributed by atoms with van der Waals surface area (Å²) in [5.74, 6) is -0.354. The molecule has 1 aromatic carbocycles. The van der Waals surface area contributed by atoms with Crippen LogP contribution in [0.1, 0.15) is 19.4 Å². The zero-order valence-electron chi connectivity index (χ0n) is 13.0. The van der Waals surface area contributed by atoms with Gasteiger partial charge in [-0.25, -0.2) is 4.39 Å². The van der Waals surface area contributed by atoms with Crippen molar-refractivity contribution in [2.24, 2.45) is 0 Å². The molecule has 0 spiro atoms. The standard InChI is InChI=1S/C16H24ClFN2O/c1-16(2,20-6-8-21-9-7-20)15(19-3)11-12-4-5-13(17)14(18)10-12/h4-5,10,15,19H,6-9,11H2,1-3H3. The first-order valence-corrected chi connectivity index (χ1v) is 7.77. The maximum Gasteiger partial charge on any atom is 0.142 e. The van der Waals surface area contributed by atoms with Gasteiger partial charge in [0.15, 0.2) is 0 Å². The average molecular weight is 315 g/mol. The second kappa shape index (κ2) is 7.05. The van der Waals surface area contributed by atoms with Gasteiger partial charge in [0.25, 0.3) is 0 Å². The van der Waals surface area contributed by atoms with Crippen LogP contribution in [0.4, 0.5) is 4.39 Å². The zero-order valence-corrected chi connectivity index (χ0v) is 13.7. The number of hydrogen-bond donors (Lipinski definition) is 1. The van der Waals surface area contributed by atoms with E-state index < -0.39 is 0 Å². The molecule has 0 radical (unpaired) electrons. The summed E-state index contributed by atoms with van der Waals surface area (Å²) in [6.07, 6.45) is 0.759. The van der Waals surface area contributed by atoms with Crippen LogP contribution in [0.5, 0.6) is 0 Å². The third-order valence-electron chi connectivity index (χ3n) is 4.45. The van der Waals surface area contributed by atoms with E-state index in [9.17, 15) is 4.39 Å². The maximum atomic E-state index is 13.6. The highest BCUT2D eigenvalue weighted by Crippen LogP contribution is 2.24. The number of hydrogen-bond acceptors (Lipinski definition) is 3. The van der Waals surface area contributed by atoms with Gasteiger partial charge in [0.2, 0.25) is 0 Å². The molecule has 0 aromatic heterocycles. The number of rotatable bonds is 5. The highest BCUT2D eigenvalue weighted by atomic mass is 35.5. The van der Waals surface area contributed by atoms with E-state index in [-0.39, 0.29) is 22.4 Å². The van der Waals surface area contributed by atoms with Gasteiger partial charge < -0.3 is 10.1 Å². The highest BCUT2D eigenvalue weighted by Gasteiger charge is 2.35. The second-order valence-corrected chi connectivity index (χ2v) is 6.45. The van der Waals surface area contributed by atoms with Crippen molar-refractivity contribution in [1.82, 2.24) is 10.2 Å². The Hall–Kier alpha value is -0.680. The molecule has 1 N–H and O–H groups in total. The molecule has 1 aliphatic heterocycles. The van der Waals surface area contributed by atoms with Crippen LogP contribution >= 0.6 is 11.6 Å². The summed E-state index contributed by atoms with van der Waals surface area (Å²) >= 11 is 5.75. The Morgan fingerprint density at radius 2 is 2.05 bits per heavy atom. The van der Waals surface area contributed by atoms with Gasteiger partial charge >= 0.3 is 0 Å². The van der Waals surface area contributed by atoms with Crippen molar-refractivity contribution in [2.45, 2.75) is 31.8 Å². The summed E-state index contributed by atoms with van der Waals surface area (Å²) < 4.78 is 19.0. The van der Waals surface area contributed by atoms with E-state index in [4.69, 9.17) is 16.3 Å². The third kappa shape index (κ3) is 3.95. The minimum atomic E-state index is -0.354. The smallest absolute Gasteiger partial charge is 0.142 e. The maximum absolute atomic E-state index is 13.6. The van der Waals surface area contributed by atoms with Crippen molar-refractivity contribution in [2.75, 3.05) is 33.4 Å². The number of nitrogens with one attached hydrogen (secondary N) is 1. The Balaban J connectivity index is 2.12. The Bertz CT molecular complexity index is 475. The topological polar surface area (TPSA) is 24.5 Å². The van der Waals surface area contributed by atoms with Crippen LogP contribution in [0.3, 0.4) is 0 Å². The molecule has 1 aromatic rings. The number of nitrogens with zero attached hydrogens (tertiary/aromatic N) is 1. The highest BCUT2D eigenvalue weighted by molar-refractivity contribution is 6.30. The fourth-order valence-electron chi connectivity index (χ4n) is 2.97. The van der Waals surface area contributed by atoms with E-state index in [1.165, 1.54) is 6.07 Å². The summed E-state index contributed by atoms with van der Waals surface area (Å²) in [7, 11) is 1.96. The van der Waals surface area contributed by atoms with Crippen molar-refractivity contribution < 1.29 is 9.13 Å². The molecule has 3 nitrogen and oxygen atoms in total. The van der Waals surface area contributed by atoms with Gasteiger partial charge in [-0.3, -0.25) is 4.90 Å². The van der Waals surface area contributed by atoms with E-state index in [0.29, 0.717) is 0 Å². The van der Waals surface area contributed by atoms with E-state index in [2.05, 4.69) is 24.1 Å². The molecule has 21 heavy (non-hydrogen) atoms. The molecule has 1 heterocycles. The number of ether oxygens (including phenoxy) is 1. The SMILES string of the molecule is CNC(Cc1ccc(Cl)c(F)c1)C(C)(C)N1CCOCC1. The Morgan fingerprint density at radius 1 is 1.38 bits per heavy atom. The molecule has 1 unspecified atom stereocenters. The minimum Gasteiger partial charge on any atom is -0.379 e. The molecule has 1 saturated heterocycles. The van der Waals surface area contributed by atoms with Crippen LogP contribution in [0.2, 0.25) is 5.02 Å². The summed E-state index contributed by atoms with van der Waals surface area (Å²) in [5, 5.41) is 3.56. The number of likely N-dealkylation sites (N-methyl/N-ethyl adjacent to an activating group) is 1. The van der Waals surface area contributed by atoms with Gasteiger partial charge in [-0.1, -0.05) is 17.7 Å². The average Bonchev–Trinajstić information content (AvgIpc) is 2.49. The second-order valence-electron chi connectivity index (χ2n) is 6.05. The Kier molecular flexibility index (Phi) is 5.60. The molecule has 118 valence electrons. The number of halogens is 2. The van der Waals surface area contributed by atoms with Crippen LogP contribution in [0.25, 0.3) is 0 Å². The van der Waals surface area contributed by atoms with Crippen molar-refractivity contribution in [3.8, 4) is 0 Å². The van der Waals surface area contributed by atoms with E-state index in [1.54, 1.807) is 6.07 Å². The number of morpholine rings is 1. The lowest BCUT2D eigenvalue weighted by Crippen LogP contribution is -2.60. The molecule has 1 aliphatic rings. The molecule has 0 bridgehead atoms. The van der Waals surface area contributed by atoms with Gasteiger partial charge in [0.1, 0.15) is 5.82 Å². The van der Waals surface area contributed by atoms with E-state index in [1.807, 2.05) is 13.1 Å². The lowest BCUT2D eigenvalue weighted by Gasteiger charge is -2.46. The predicted molar refractivity (Wildman–Crippen MR) is 84.4 cm³/mol. The summed E-state index contributed by atoms with van der Waals surface area (Å²) in [6, 6.07) is 5.27. The Morgan fingerprint density at radius 3 is 2.62 bits per heavy atom. The first-order chi connectivity index (χ1) is 9.95. The summed E-state index contributed by atoms with van der Waals surface area (Å²) in [6.45, 7) is 7.86. The number of benzene rings is 1. The van der Waals surface area contributed by atoms with Gasteiger partial charge in [-0.15, -0.1) is 0 Å². The van der Waals surface area contributed by atoms with Crippen LogP contribution in [0.15, 0.2) is 18.2 Å². The van der Waals surface area contributed by atoms with Crippen molar-refractivity contribution in [1.29, 1.82) is 0 Å². The van der Waals surface area contributed by atoms with E-state index >= 15 is 0 Å². The molecule has 5 heteroatoms. The van der Waals surface area contributed by atoms with Gasteiger partial charge in [-0.2, -0.15) is 0 Å². The third-order valence-corrected chi connectivity index (χ3v) is 4.76. The largest absolute Gasteiger partial charge is 0.379 e. The molecule has 0 saturated carbocycles. The first kappa shape index (κ1) is 16.7. The molecule has 1 fully saturated rings. The zero-order chi connectivity index (χ0) is 15.5. The van der Waals surface area contributed by atoms with E-state index in [0.717, 1.165) is 38.3 Å². The lowest BCUT2D eigenvalue weighted by molar-refractivity contribution is -0.0223. The van der Waals surface area contributed by atoms with Crippen molar-refractivity contribution in [3.05, 3.63) is 34.6 Å². The van der Waals surface area contributed by atoms with Gasteiger partial charge in [-0.05, 0) is 45.0 Å². The minimum absolute atomic E-state index is 0.0331. The molecular formula is C16H24ClFN2O. The van der Waals surface area contributed by atoms with Crippen LogP contribution in [-0.2, 0) is 11.2 Å². The molecule has 1 atom stereocenters. The summed E-state index contributed by atoms with van der Waals surface area (Å²) in [4.78, 5) is 2.43. The first-order valence-electron chi connectivity index (χ1n) is 7.39. The molecule has 2 rings (SSSR count). The normalized spacial score (nSPS) is 18.7. The van der Waals surface area contributed by atoms with Crippen LogP contribution < -0.4 is 5.32 Å². The fraction of sp³-hybridized carbons (Fsp3) is 0.625. The Labute approximate surface area is 131 Å². The lowest BCUT2D eigenvalue weighted by atomic mass is 9.87. The van der Waals surface area contributed by atoms with Crippen LogP contribution in [0, 0.1) is 5.82 Å². The molecular weight excluding hydrogens is 291 g/mol. The molecule has 0 amide bonds. The van der Waals surface area contributed by atoms with Gasteiger partial charge in [0, 0.05) is 24.7 Å². The predicted octanol–water partition coefficient (Wildman–Crippen LogP) is 2.72. The van der Waals surface area contributed by atoms with Gasteiger partial charge in [0.05, 0.1) is 18.2 Å². The van der Waals surface area contributed by atoms with Crippen molar-refractivity contribution >= 4 is 11.6 Å². The van der Waals surface area contributed by atoms with Crippen molar-refractivity contribution in [3.63, 3.8) is 0 Å². The quantitative estimate of drug-likeness (QED) is 0.904. The summed E-state index contributed by atoms with van der Waals surface area (Å²) in [5.41, 5.74) is 0.923. The molecule has 0 aliphatic carbocycles. The monoisotopic (exact) mass is 314 g/mol. The fourth-order valence-corrected chi connectivity index (χ4v) is 3.08. The van der Waals surface area contributed by atoms with Crippen LogP contribution in [-0.4, -0.2) is 49.8 Å².